The Kier molecular flexibility index (Phi) is 6.56. The second kappa shape index (κ2) is 10.1. The molecule has 2 aliphatic rings. The van der Waals surface area contributed by atoms with Crippen molar-refractivity contribution in [3.05, 3.63) is 90.8 Å². The lowest BCUT2D eigenvalue weighted by Crippen LogP contribution is -2.54. The molecule has 0 radical (unpaired) electrons. The number of nitrogens with zero attached hydrogens (tertiary/aromatic N) is 4. The van der Waals surface area contributed by atoms with Crippen LogP contribution in [-0.4, -0.2) is 54.1 Å². The van der Waals surface area contributed by atoms with E-state index < -0.39 is 0 Å². The van der Waals surface area contributed by atoms with Crippen LogP contribution in [0.25, 0.3) is 0 Å². The van der Waals surface area contributed by atoms with Crippen LogP contribution < -0.4 is 9.80 Å². The molecule has 3 aromatic rings. The summed E-state index contributed by atoms with van der Waals surface area (Å²) in [5.41, 5.74) is 3.25. The number of para-hydroxylation sites is 2. The number of rotatable bonds is 5. The van der Waals surface area contributed by atoms with Gasteiger partial charge in [-0.1, -0.05) is 36.4 Å². The molecule has 2 saturated heterocycles. The first kappa shape index (κ1) is 21.5. The molecule has 0 bridgehead atoms. The summed E-state index contributed by atoms with van der Waals surface area (Å²) in [5, 5.41) is 0. The molecule has 0 saturated carbocycles. The third-order valence-electron chi connectivity index (χ3n) is 7.10. The van der Waals surface area contributed by atoms with Gasteiger partial charge in [0.25, 0.3) is 5.91 Å². The molecule has 0 unspecified atom stereocenters. The molecular weight excluding hydrogens is 408 g/mol. The van der Waals surface area contributed by atoms with Crippen molar-refractivity contribution >= 4 is 17.3 Å². The van der Waals surface area contributed by atoms with Gasteiger partial charge in [-0.15, -0.1) is 0 Å². The predicted octanol–water partition coefficient (Wildman–Crippen LogP) is 4.86. The van der Waals surface area contributed by atoms with Gasteiger partial charge in [0.1, 0.15) is 0 Å². The van der Waals surface area contributed by atoms with Gasteiger partial charge in [-0.2, -0.15) is 0 Å². The van der Waals surface area contributed by atoms with Crippen molar-refractivity contribution in [2.75, 3.05) is 36.0 Å². The number of benzene rings is 2. The normalized spacial score (nSPS) is 17.7. The van der Waals surface area contributed by atoms with Crippen LogP contribution in [0.2, 0.25) is 0 Å². The van der Waals surface area contributed by atoms with Gasteiger partial charge in [0, 0.05) is 62.0 Å². The molecule has 0 atom stereocenters. The molecule has 0 spiro atoms. The monoisotopic (exact) mass is 440 g/mol. The van der Waals surface area contributed by atoms with E-state index in [1.807, 2.05) is 12.1 Å². The highest BCUT2D eigenvalue weighted by molar-refractivity contribution is 5.94. The molecule has 5 heteroatoms. The largest absolute Gasteiger partial charge is 0.371 e. The fraction of sp³-hybridized carbons (Fsp3) is 0.357. The van der Waals surface area contributed by atoms with E-state index in [-0.39, 0.29) is 18.0 Å². The summed E-state index contributed by atoms with van der Waals surface area (Å²) in [6.45, 7) is 3.92. The number of hydrogen-bond donors (Lipinski definition) is 0. The van der Waals surface area contributed by atoms with Crippen LogP contribution in [-0.2, 0) is 0 Å². The molecule has 2 fully saturated rings. The number of anilines is 2. The van der Waals surface area contributed by atoms with E-state index in [1.54, 1.807) is 12.4 Å². The smallest absolute Gasteiger partial charge is 0.255 e. The van der Waals surface area contributed by atoms with E-state index in [2.05, 4.69) is 80.3 Å². The minimum absolute atomic E-state index is 0.138. The van der Waals surface area contributed by atoms with Crippen molar-refractivity contribution in [3.63, 3.8) is 0 Å². The number of carbonyl (C=O) groups excluding carboxylic acids is 1. The Labute approximate surface area is 196 Å². The molecule has 5 rings (SSSR count). The van der Waals surface area contributed by atoms with Gasteiger partial charge >= 0.3 is 0 Å². The standard InChI is InChI=1S/C28H32N4O/c33-28(23-8-7-17-29-22-23)32(26-13-18-30(19-14-26)24-9-3-1-4-10-24)27-15-20-31(21-16-27)25-11-5-2-6-12-25/h1-12,17,22,26-27H,13-16,18-21H2. The maximum atomic E-state index is 13.7. The molecule has 1 amide bonds. The molecule has 3 heterocycles. The van der Waals surface area contributed by atoms with Gasteiger partial charge in [0.2, 0.25) is 0 Å². The number of aromatic nitrogens is 1. The lowest BCUT2D eigenvalue weighted by Gasteiger charge is -2.46. The van der Waals surface area contributed by atoms with E-state index >= 15 is 0 Å². The van der Waals surface area contributed by atoms with Gasteiger partial charge in [-0.25, -0.2) is 0 Å². The Morgan fingerprint density at radius 2 is 1.18 bits per heavy atom. The van der Waals surface area contributed by atoms with Gasteiger partial charge in [0.15, 0.2) is 0 Å². The Morgan fingerprint density at radius 1 is 0.697 bits per heavy atom. The Bertz CT molecular complexity index is 952. The highest BCUT2D eigenvalue weighted by Crippen LogP contribution is 2.29. The van der Waals surface area contributed by atoms with Crippen LogP contribution in [0, 0.1) is 0 Å². The number of piperidine rings is 2. The van der Waals surface area contributed by atoms with Crippen molar-refractivity contribution in [2.24, 2.45) is 0 Å². The van der Waals surface area contributed by atoms with E-state index in [0.717, 1.165) is 51.9 Å². The Morgan fingerprint density at radius 3 is 1.61 bits per heavy atom. The van der Waals surface area contributed by atoms with Gasteiger partial charge < -0.3 is 14.7 Å². The van der Waals surface area contributed by atoms with Gasteiger partial charge in [0.05, 0.1) is 5.56 Å². The van der Waals surface area contributed by atoms with Gasteiger partial charge in [-0.05, 0) is 62.1 Å². The lowest BCUT2D eigenvalue weighted by molar-refractivity contribution is 0.0492. The van der Waals surface area contributed by atoms with Crippen LogP contribution >= 0.6 is 0 Å². The average molecular weight is 441 g/mol. The summed E-state index contributed by atoms with van der Waals surface area (Å²) in [7, 11) is 0. The molecule has 0 N–H and O–H groups in total. The van der Waals surface area contributed by atoms with E-state index in [1.165, 1.54) is 11.4 Å². The van der Waals surface area contributed by atoms with Crippen LogP contribution in [0.4, 0.5) is 11.4 Å². The number of pyridine rings is 1. The second-order valence-electron chi connectivity index (χ2n) is 9.06. The van der Waals surface area contributed by atoms with Crippen LogP contribution in [0.5, 0.6) is 0 Å². The Hall–Kier alpha value is -3.34. The minimum atomic E-state index is 0.138. The first-order valence-corrected chi connectivity index (χ1v) is 12.1. The van der Waals surface area contributed by atoms with Crippen molar-refractivity contribution in [1.29, 1.82) is 0 Å². The topological polar surface area (TPSA) is 39.7 Å². The van der Waals surface area contributed by atoms with Crippen molar-refractivity contribution in [3.8, 4) is 0 Å². The van der Waals surface area contributed by atoms with Crippen molar-refractivity contribution in [1.82, 2.24) is 9.88 Å². The number of amides is 1. The maximum Gasteiger partial charge on any atom is 0.255 e. The third kappa shape index (κ3) is 4.87. The number of hydrogen-bond acceptors (Lipinski definition) is 4. The van der Waals surface area contributed by atoms with Crippen molar-refractivity contribution in [2.45, 2.75) is 37.8 Å². The molecule has 5 nitrogen and oxygen atoms in total. The zero-order valence-corrected chi connectivity index (χ0v) is 19.1. The zero-order chi connectivity index (χ0) is 22.5. The molecule has 1 aromatic heterocycles. The molecule has 2 aliphatic heterocycles. The zero-order valence-electron chi connectivity index (χ0n) is 19.1. The summed E-state index contributed by atoms with van der Waals surface area (Å²) in [6, 6.07) is 25.5. The third-order valence-corrected chi connectivity index (χ3v) is 7.10. The SMILES string of the molecule is O=C(c1cccnc1)N(C1CCN(c2ccccc2)CC1)C1CCN(c2ccccc2)CC1. The predicted molar refractivity (Wildman–Crippen MR) is 134 cm³/mol. The quantitative estimate of drug-likeness (QED) is 0.568. The Balaban J connectivity index is 1.31. The first-order valence-electron chi connectivity index (χ1n) is 12.1. The molecule has 170 valence electrons. The highest BCUT2D eigenvalue weighted by atomic mass is 16.2. The van der Waals surface area contributed by atoms with Crippen LogP contribution in [0.1, 0.15) is 36.0 Å². The fourth-order valence-corrected chi connectivity index (χ4v) is 5.35. The summed E-state index contributed by atoms with van der Waals surface area (Å²) in [6.07, 6.45) is 7.45. The second-order valence-corrected chi connectivity index (χ2v) is 9.06. The molecular formula is C28H32N4O. The highest BCUT2D eigenvalue weighted by Gasteiger charge is 2.35. The summed E-state index contributed by atoms with van der Waals surface area (Å²) in [5.74, 6) is 0.138. The van der Waals surface area contributed by atoms with E-state index in [9.17, 15) is 4.79 Å². The lowest BCUT2D eigenvalue weighted by atomic mass is 9.94. The summed E-state index contributed by atoms with van der Waals surface area (Å²) in [4.78, 5) is 25.0. The summed E-state index contributed by atoms with van der Waals surface area (Å²) < 4.78 is 0. The minimum Gasteiger partial charge on any atom is -0.371 e. The maximum absolute atomic E-state index is 13.7. The molecule has 0 aliphatic carbocycles. The van der Waals surface area contributed by atoms with Crippen molar-refractivity contribution < 1.29 is 4.79 Å². The van der Waals surface area contributed by atoms with Crippen LogP contribution in [0.3, 0.4) is 0 Å². The van der Waals surface area contributed by atoms with Crippen LogP contribution in [0.15, 0.2) is 85.2 Å². The van der Waals surface area contributed by atoms with Gasteiger partial charge in [-0.3, -0.25) is 9.78 Å². The molecule has 33 heavy (non-hydrogen) atoms. The number of carbonyl (C=O) groups is 1. The summed E-state index contributed by atoms with van der Waals surface area (Å²) >= 11 is 0. The first-order chi connectivity index (χ1) is 16.3. The van der Waals surface area contributed by atoms with E-state index in [0.29, 0.717) is 5.56 Å². The average Bonchev–Trinajstić information content (AvgIpc) is 2.91. The van der Waals surface area contributed by atoms with E-state index in [4.69, 9.17) is 0 Å². The molecule has 2 aromatic carbocycles. The fourth-order valence-electron chi connectivity index (χ4n) is 5.35.